The molecule has 1 aliphatic heterocycles. The highest BCUT2D eigenvalue weighted by molar-refractivity contribution is 5.34. The van der Waals surface area contributed by atoms with Crippen molar-refractivity contribution in [2.45, 2.75) is 52.2 Å². The standard InChI is InChI=1S/C16H25NO/c1-11-7-8-17-15(9-11)16(4,18)14-6-5-12(2)13(3)10-14/h5-6,10-11,15,17-18H,7-9H2,1-4H3. The van der Waals surface area contributed by atoms with Crippen molar-refractivity contribution in [3.05, 3.63) is 34.9 Å². The molecule has 1 aromatic rings. The van der Waals surface area contributed by atoms with Gasteiger partial charge in [-0.2, -0.15) is 0 Å². The molecule has 1 aliphatic rings. The molecule has 2 rings (SSSR count). The summed E-state index contributed by atoms with van der Waals surface area (Å²) >= 11 is 0. The Morgan fingerprint density at radius 2 is 2.00 bits per heavy atom. The molecule has 100 valence electrons. The van der Waals surface area contributed by atoms with E-state index in [-0.39, 0.29) is 6.04 Å². The van der Waals surface area contributed by atoms with Gasteiger partial charge < -0.3 is 10.4 Å². The topological polar surface area (TPSA) is 32.3 Å². The van der Waals surface area contributed by atoms with Crippen LogP contribution >= 0.6 is 0 Å². The molecule has 1 fully saturated rings. The van der Waals surface area contributed by atoms with Crippen molar-refractivity contribution in [3.63, 3.8) is 0 Å². The minimum absolute atomic E-state index is 0.156. The van der Waals surface area contributed by atoms with E-state index in [0.717, 1.165) is 18.5 Å². The fraction of sp³-hybridized carbons (Fsp3) is 0.625. The molecule has 0 radical (unpaired) electrons. The molecule has 0 amide bonds. The van der Waals surface area contributed by atoms with Crippen LogP contribution in [0, 0.1) is 19.8 Å². The summed E-state index contributed by atoms with van der Waals surface area (Å²) in [6.07, 6.45) is 2.25. The van der Waals surface area contributed by atoms with Crippen LogP contribution in [-0.4, -0.2) is 17.7 Å². The third-order valence-electron chi connectivity index (χ3n) is 4.44. The van der Waals surface area contributed by atoms with Crippen LogP contribution in [0.4, 0.5) is 0 Å². The predicted octanol–water partition coefficient (Wildman–Crippen LogP) is 2.90. The van der Waals surface area contributed by atoms with Gasteiger partial charge in [-0.3, -0.25) is 0 Å². The van der Waals surface area contributed by atoms with Gasteiger partial charge in [0.1, 0.15) is 5.60 Å². The van der Waals surface area contributed by atoms with Crippen LogP contribution in [0.15, 0.2) is 18.2 Å². The van der Waals surface area contributed by atoms with E-state index in [1.165, 1.54) is 17.5 Å². The smallest absolute Gasteiger partial charge is 0.102 e. The number of nitrogens with one attached hydrogen (secondary N) is 1. The summed E-state index contributed by atoms with van der Waals surface area (Å²) in [6.45, 7) is 9.42. The maximum atomic E-state index is 10.9. The molecule has 3 atom stereocenters. The molecule has 0 saturated carbocycles. The van der Waals surface area contributed by atoms with E-state index in [4.69, 9.17) is 0 Å². The zero-order valence-electron chi connectivity index (χ0n) is 12.0. The van der Waals surface area contributed by atoms with Crippen molar-refractivity contribution >= 4 is 0 Å². The lowest BCUT2D eigenvalue weighted by atomic mass is 9.80. The largest absolute Gasteiger partial charge is 0.384 e. The van der Waals surface area contributed by atoms with Crippen molar-refractivity contribution in [2.75, 3.05) is 6.54 Å². The Kier molecular flexibility index (Phi) is 3.79. The molecule has 1 saturated heterocycles. The first-order chi connectivity index (χ1) is 8.41. The van der Waals surface area contributed by atoms with Gasteiger partial charge in [0.05, 0.1) is 0 Å². The quantitative estimate of drug-likeness (QED) is 0.842. The Balaban J connectivity index is 2.25. The van der Waals surface area contributed by atoms with Crippen LogP contribution in [0.2, 0.25) is 0 Å². The van der Waals surface area contributed by atoms with Gasteiger partial charge >= 0.3 is 0 Å². The minimum Gasteiger partial charge on any atom is -0.384 e. The Morgan fingerprint density at radius 1 is 1.28 bits per heavy atom. The fourth-order valence-electron chi connectivity index (χ4n) is 2.79. The predicted molar refractivity (Wildman–Crippen MR) is 75.7 cm³/mol. The summed E-state index contributed by atoms with van der Waals surface area (Å²) in [6, 6.07) is 6.44. The van der Waals surface area contributed by atoms with Crippen LogP contribution in [0.25, 0.3) is 0 Å². The highest BCUT2D eigenvalue weighted by Gasteiger charge is 2.36. The molecule has 0 aliphatic carbocycles. The summed E-state index contributed by atoms with van der Waals surface area (Å²) in [5, 5.41) is 14.4. The lowest BCUT2D eigenvalue weighted by Gasteiger charge is -2.39. The van der Waals surface area contributed by atoms with Crippen LogP contribution in [0.3, 0.4) is 0 Å². The Morgan fingerprint density at radius 3 is 2.61 bits per heavy atom. The van der Waals surface area contributed by atoms with Crippen molar-refractivity contribution in [1.82, 2.24) is 5.32 Å². The molecule has 18 heavy (non-hydrogen) atoms. The van der Waals surface area contributed by atoms with E-state index in [1.54, 1.807) is 0 Å². The average Bonchev–Trinajstić information content (AvgIpc) is 2.32. The first kappa shape index (κ1) is 13.6. The zero-order valence-corrected chi connectivity index (χ0v) is 12.0. The second-order valence-corrected chi connectivity index (χ2v) is 6.08. The average molecular weight is 247 g/mol. The molecule has 0 spiro atoms. The third-order valence-corrected chi connectivity index (χ3v) is 4.44. The normalized spacial score (nSPS) is 27.8. The molecule has 2 N–H and O–H groups in total. The van der Waals surface area contributed by atoms with E-state index in [0.29, 0.717) is 5.92 Å². The first-order valence-electron chi connectivity index (χ1n) is 6.94. The van der Waals surface area contributed by atoms with Gasteiger partial charge in [-0.05, 0) is 62.8 Å². The Hall–Kier alpha value is -0.860. The summed E-state index contributed by atoms with van der Waals surface area (Å²) in [4.78, 5) is 0. The molecular formula is C16H25NO. The van der Waals surface area contributed by atoms with E-state index in [1.807, 2.05) is 6.92 Å². The monoisotopic (exact) mass is 247 g/mol. The lowest BCUT2D eigenvalue weighted by Crippen LogP contribution is -2.50. The number of hydrogen-bond donors (Lipinski definition) is 2. The summed E-state index contributed by atoms with van der Waals surface area (Å²) in [7, 11) is 0. The Bertz CT molecular complexity index is 425. The van der Waals surface area contributed by atoms with Crippen molar-refractivity contribution < 1.29 is 5.11 Å². The van der Waals surface area contributed by atoms with Gasteiger partial charge in [0.25, 0.3) is 0 Å². The number of hydrogen-bond acceptors (Lipinski definition) is 2. The SMILES string of the molecule is Cc1ccc(C(C)(O)C2CC(C)CCN2)cc1C. The molecular weight excluding hydrogens is 222 g/mol. The van der Waals surface area contributed by atoms with Crippen molar-refractivity contribution in [2.24, 2.45) is 5.92 Å². The molecule has 0 aromatic heterocycles. The number of piperidine rings is 1. The van der Waals surface area contributed by atoms with Gasteiger partial charge in [0, 0.05) is 6.04 Å². The molecule has 3 unspecified atom stereocenters. The number of benzene rings is 1. The van der Waals surface area contributed by atoms with Crippen LogP contribution in [-0.2, 0) is 5.60 Å². The fourth-order valence-corrected chi connectivity index (χ4v) is 2.79. The first-order valence-corrected chi connectivity index (χ1v) is 6.94. The molecule has 0 bridgehead atoms. The molecule has 1 heterocycles. The van der Waals surface area contributed by atoms with Crippen molar-refractivity contribution in [1.29, 1.82) is 0 Å². The van der Waals surface area contributed by atoms with Crippen molar-refractivity contribution in [3.8, 4) is 0 Å². The van der Waals surface area contributed by atoms with Crippen LogP contribution < -0.4 is 5.32 Å². The van der Waals surface area contributed by atoms with Gasteiger partial charge in [-0.1, -0.05) is 25.1 Å². The summed E-state index contributed by atoms with van der Waals surface area (Å²) in [5.74, 6) is 0.689. The van der Waals surface area contributed by atoms with E-state index in [2.05, 4.69) is 44.3 Å². The number of aryl methyl sites for hydroxylation is 2. The van der Waals surface area contributed by atoms with Crippen LogP contribution in [0.5, 0.6) is 0 Å². The van der Waals surface area contributed by atoms with Gasteiger partial charge in [-0.25, -0.2) is 0 Å². The van der Waals surface area contributed by atoms with Crippen LogP contribution in [0.1, 0.15) is 43.4 Å². The minimum atomic E-state index is -0.785. The van der Waals surface area contributed by atoms with Gasteiger partial charge in [0.15, 0.2) is 0 Å². The molecule has 1 aromatic carbocycles. The highest BCUT2D eigenvalue weighted by Crippen LogP contribution is 2.32. The number of rotatable bonds is 2. The number of aliphatic hydroxyl groups is 1. The highest BCUT2D eigenvalue weighted by atomic mass is 16.3. The zero-order chi connectivity index (χ0) is 13.3. The van der Waals surface area contributed by atoms with Gasteiger partial charge in [-0.15, -0.1) is 0 Å². The maximum Gasteiger partial charge on any atom is 0.102 e. The summed E-state index contributed by atoms with van der Waals surface area (Å²) in [5.41, 5.74) is 2.76. The molecule has 2 heteroatoms. The second kappa shape index (κ2) is 5.02. The lowest BCUT2D eigenvalue weighted by molar-refractivity contribution is -0.00145. The Labute approximate surface area is 110 Å². The molecule has 2 nitrogen and oxygen atoms in total. The van der Waals surface area contributed by atoms with E-state index < -0.39 is 5.60 Å². The second-order valence-electron chi connectivity index (χ2n) is 6.08. The van der Waals surface area contributed by atoms with Gasteiger partial charge in [0.2, 0.25) is 0 Å². The third kappa shape index (κ3) is 2.60. The van der Waals surface area contributed by atoms with E-state index in [9.17, 15) is 5.11 Å². The maximum absolute atomic E-state index is 10.9. The van der Waals surface area contributed by atoms with E-state index >= 15 is 0 Å². The summed E-state index contributed by atoms with van der Waals surface area (Å²) < 4.78 is 0.